The van der Waals surface area contributed by atoms with Gasteiger partial charge in [0.1, 0.15) is 0 Å². The summed E-state index contributed by atoms with van der Waals surface area (Å²) in [5, 5.41) is 4.39. The maximum absolute atomic E-state index is 12.0. The Labute approximate surface area is 118 Å². The SMILES string of the molecule is CNC(=O)c1csc(Cn2c(=O)[nH]c3ccccc32)c1. The number of hydrogen-bond acceptors (Lipinski definition) is 3. The van der Waals surface area contributed by atoms with Crippen LogP contribution in [0, 0.1) is 0 Å². The number of imidazole rings is 1. The first kappa shape index (κ1) is 12.7. The number of aromatic amines is 1. The Bertz CT molecular complexity index is 828. The van der Waals surface area contributed by atoms with E-state index in [4.69, 9.17) is 0 Å². The molecule has 2 aromatic heterocycles. The second kappa shape index (κ2) is 4.97. The minimum absolute atomic E-state index is 0.112. The molecule has 1 amide bonds. The van der Waals surface area contributed by atoms with Gasteiger partial charge in [-0.05, 0) is 18.2 Å². The Morgan fingerprint density at radius 2 is 2.20 bits per heavy atom. The molecular formula is C14H13N3O2S. The van der Waals surface area contributed by atoms with Gasteiger partial charge >= 0.3 is 5.69 Å². The quantitative estimate of drug-likeness (QED) is 0.771. The Kier molecular flexibility index (Phi) is 3.15. The predicted molar refractivity (Wildman–Crippen MR) is 79.4 cm³/mol. The van der Waals surface area contributed by atoms with E-state index >= 15 is 0 Å². The van der Waals surface area contributed by atoms with Gasteiger partial charge < -0.3 is 10.3 Å². The number of H-pyrrole nitrogens is 1. The van der Waals surface area contributed by atoms with E-state index < -0.39 is 0 Å². The summed E-state index contributed by atoms with van der Waals surface area (Å²) in [7, 11) is 1.60. The molecule has 1 aromatic carbocycles. The maximum atomic E-state index is 12.0. The van der Waals surface area contributed by atoms with Crippen LogP contribution in [-0.4, -0.2) is 22.5 Å². The van der Waals surface area contributed by atoms with E-state index in [0.29, 0.717) is 12.1 Å². The highest BCUT2D eigenvalue weighted by atomic mass is 32.1. The summed E-state index contributed by atoms with van der Waals surface area (Å²) >= 11 is 1.47. The molecule has 3 rings (SSSR count). The van der Waals surface area contributed by atoms with Crippen molar-refractivity contribution >= 4 is 28.3 Å². The monoisotopic (exact) mass is 287 g/mol. The number of nitrogens with zero attached hydrogens (tertiary/aromatic N) is 1. The molecule has 2 heterocycles. The lowest BCUT2D eigenvalue weighted by Crippen LogP contribution is -2.17. The van der Waals surface area contributed by atoms with Gasteiger partial charge in [0.2, 0.25) is 0 Å². The largest absolute Gasteiger partial charge is 0.355 e. The van der Waals surface area contributed by atoms with Gasteiger partial charge in [0, 0.05) is 17.3 Å². The number of carbonyl (C=O) groups is 1. The van der Waals surface area contributed by atoms with Gasteiger partial charge in [-0.25, -0.2) is 4.79 Å². The molecule has 0 bridgehead atoms. The number of amides is 1. The first-order valence-corrected chi connectivity index (χ1v) is 7.04. The van der Waals surface area contributed by atoms with Crippen LogP contribution in [0.3, 0.4) is 0 Å². The van der Waals surface area contributed by atoms with Crippen molar-refractivity contribution in [3.8, 4) is 0 Å². The number of aromatic nitrogens is 2. The van der Waals surface area contributed by atoms with E-state index in [-0.39, 0.29) is 11.6 Å². The summed E-state index contributed by atoms with van der Waals surface area (Å²) in [4.78, 5) is 27.3. The second-order valence-corrected chi connectivity index (χ2v) is 5.41. The molecule has 0 fully saturated rings. The molecule has 2 N–H and O–H groups in total. The fraction of sp³-hybridized carbons (Fsp3) is 0.143. The van der Waals surface area contributed by atoms with Crippen LogP contribution >= 0.6 is 11.3 Å². The lowest BCUT2D eigenvalue weighted by Gasteiger charge is -2.00. The number of carbonyl (C=O) groups excluding carboxylic acids is 1. The summed E-state index contributed by atoms with van der Waals surface area (Å²) in [6.45, 7) is 0.463. The van der Waals surface area contributed by atoms with E-state index in [1.54, 1.807) is 17.0 Å². The molecule has 0 aliphatic heterocycles. The first-order chi connectivity index (χ1) is 9.69. The summed E-state index contributed by atoms with van der Waals surface area (Å²) in [5.74, 6) is -0.112. The Hall–Kier alpha value is -2.34. The Balaban J connectivity index is 1.97. The van der Waals surface area contributed by atoms with Gasteiger partial charge in [-0.3, -0.25) is 9.36 Å². The molecule has 0 spiro atoms. The third kappa shape index (κ3) is 2.14. The lowest BCUT2D eigenvalue weighted by atomic mass is 10.3. The zero-order valence-corrected chi connectivity index (χ0v) is 11.7. The number of benzene rings is 1. The number of thiophene rings is 1. The summed E-state index contributed by atoms with van der Waals surface area (Å²) in [6, 6.07) is 9.38. The van der Waals surface area contributed by atoms with Crippen LogP contribution in [0.1, 0.15) is 15.2 Å². The molecule has 0 saturated carbocycles. The highest BCUT2D eigenvalue weighted by Crippen LogP contribution is 2.18. The van der Waals surface area contributed by atoms with Gasteiger partial charge in [0.25, 0.3) is 5.91 Å². The summed E-state index contributed by atoms with van der Waals surface area (Å²) in [6.07, 6.45) is 0. The van der Waals surface area contributed by atoms with Crippen molar-refractivity contribution in [2.75, 3.05) is 7.05 Å². The molecule has 6 heteroatoms. The smallest absolute Gasteiger partial charge is 0.326 e. The third-order valence-corrected chi connectivity index (χ3v) is 4.06. The van der Waals surface area contributed by atoms with E-state index in [1.807, 2.05) is 30.3 Å². The zero-order chi connectivity index (χ0) is 14.1. The molecule has 5 nitrogen and oxygen atoms in total. The van der Waals surface area contributed by atoms with Crippen LogP contribution in [-0.2, 0) is 6.54 Å². The van der Waals surface area contributed by atoms with E-state index in [0.717, 1.165) is 15.9 Å². The third-order valence-electron chi connectivity index (χ3n) is 3.14. The van der Waals surface area contributed by atoms with Crippen LogP contribution in [0.5, 0.6) is 0 Å². The molecular weight excluding hydrogens is 274 g/mol. The van der Waals surface area contributed by atoms with Crippen molar-refractivity contribution < 1.29 is 4.79 Å². The summed E-state index contributed by atoms with van der Waals surface area (Å²) < 4.78 is 1.68. The lowest BCUT2D eigenvalue weighted by molar-refractivity contribution is 0.0963. The average molecular weight is 287 g/mol. The van der Waals surface area contributed by atoms with Crippen molar-refractivity contribution in [1.29, 1.82) is 0 Å². The van der Waals surface area contributed by atoms with Crippen molar-refractivity contribution in [1.82, 2.24) is 14.9 Å². The van der Waals surface area contributed by atoms with Gasteiger partial charge in [0.05, 0.1) is 23.1 Å². The minimum atomic E-state index is -0.138. The van der Waals surface area contributed by atoms with Crippen LogP contribution in [0.4, 0.5) is 0 Å². The molecule has 20 heavy (non-hydrogen) atoms. The van der Waals surface area contributed by atoms with Crippen molar-refractivity contribution in [3.63, 3.8) is 0 Å². The van der Waals surface area contributed by atoms with Crippen molar-refractivity contribution in [3.05, 3.63) is 56.6 Å². The Morgan fingerprint density at radius 3 is 3.00 bits per heavy atom. The topological polar surface area (TPSA) is 66.9 Å². The zero-order valence-electron chi connectivity index (χ0n) is 10.8. The van der Waals surface area contributed by atoms with Crippen LogP contribution in [0.25, 0.3) is 11.0 Å². The maximum Gasteiger partial charge on any atom is 0.326 e. The second-order valence-electron chi connectivity index (χ2n) is 4.41. The van der Waals surface area contributed by atoms with Gasteiger partial charge in [-0.15, -0.1) is 11.3 Å². The molecule has 3 aromatic rings. The van der Waals surface area contributed by atoms with Gasteiger partial charge in [-0.2, -0.15) is 0 Å². The molecule has 0 radical (unpaired) electrons. The molecule has 0 saturated heterocycles. The number of rotatable bonds is 3. The van der Waals surface area contributed by atoms with Gasteiger partial charge in [-0.1, -0.05) is 12.1 Å². The van der Waals surface area contributed by atoms with E-state index in [1.165, 1.54) is 11.3 Å². The van der Waals surface area contributed by atoms with Crippen LogP contribution < -0.4 is 11.0 Å². The van der Waals surface area contributed by atoms with Crippen molar-refractivity contribution in [2.24, 2.45) is 0 Å². The molecule has 0 unspecified atom stereocenters. The first-order valence-electron chi connectivity index (χ1n) is 6.16. The highest BCUT2D eigenvalue weighted by molar-refractivity contribution is 7.10. The predicted octanol–water partition coefficient (Wildman–Crippen LogP) is 1.80. The fourth-order valence-corrected chi connectivity index (χ4v) is 3.00. The molecule has 102 valence electrons. The normalized spacial score (nSPS) is 10.8. The highest BCUT2D eigenvalue weighted by Gasteiger charge is 2.10. The van der Waals surface area contributed by atoms with Gasteiger partial charge in [0.15, 0.2) is 0 Å². The molecule has 0 aliphatic carbocycles. The number of para-hydroxylation sites is 2. The number of fused-ring (bicyclic) bond motifs is 1. The van der Waals surface area contributed by atoms with E-state index in [9.17, 15) is 9.59 Å². The van der Waals surface area contributed by atoms with E-state index in [2.05, 4.69) is 10.3 Å². The minimum Gasteiger partial charge on any atom is -0.355 e. The van der Waals surface area contributed by atoms with Crippen molar-refractivity contribution in [2.45, 2.75) is 6.54 Å². The number of hydrogen-bond donors (Lipinski definition) is 2. The molecule has 0 aliphatic rings. The van der Waals surface area contributed by atoms with Crippen LogP contribution in [0.2, 0.25) is 0 Å². The van der Waals surface area contributed by atoms with Crippen LogP contribution in [0.15, 0.2) is 40.5 Å². The Morgan fingerprint density at radius 1 is 1.40 bits per heavy atom. The summed E-state index contributed by atoms with van der Waals surface area (Å²) in [5.41, 5.74) is 2.18. The fourth-order valence-electron chi connectivity index (χ4n) is 2.15. The standard InChI is InChI=1S/C14H13N3O2S/c1-15-13(18)9-6-10(20-8-9)7-17-12-5-3-2-4-11(12)16-14(17)19/h2-6,8H,7H2,1H3,(H,15,18)(H,16,19). The average Bonchev–Trinajstić information content (AvgIpc) is 3.04. The molecule has 0 atom stereocenters. The number of nitrogens with one attached hydrogen (secondary N) is 2.